The first-order valence-electron chi connectivity index (χ1n) is 7.65. The number of hydrogen-bond donors (Lipinski definition) is 2. The van der Waals surface area contributed by atoms with Crippen molar-refractivity contribution in [3.05, 3.63) is 22.7 Å². The van der Waals surface area contributed by atoms with E-state index in [0.29, 0.717) is 41.7 Å². The predicted molar refractivity (Wildman–Crippen MR) is 87.3 cm³/mol. The molecule has 2 amide bonds. The molecular formula is C16H21ClN2O4. The first-order valence-corrected chi connectivity index (χ1v) is 8.03. The van der Waals surface area contributed by atoms with Crippen molar-refractivity contribution in [1.29, 1.82) is 0 Å². The molecule has 126 valence electrons. The molecule has 2 N–H and O–H groups in total. The fourth-order valence-electron chi connectivity index (χ4n) is 2.45. The Morgan fingerprint density at radius 2 is 2.22 bits per heavy atom. The summed E-state index contributed by atoms with van der Waals surface area (Å²) >= 11 is 6.17. The summed E-state index contributed by atoms with van der Waals surface area (Å²) in [6.07, 6.45) is 2.43. The normalized spacial score (nSPS) is 17.9. The van der Waals surface area contributed by atoms with Crippen molar-refractivity contribution in [2.24, 2.45) is 0 Å². The number of carbonyl (C=O) groups excluding carboxylic acids is 2. The largest absolute Gasteiger partial charge is 0.493 e. The highest BCUT2D eigenvalue weighted by Gasteiger charge is 2.24. The molecule has 0 spiro atoms. The van der Waals surface area contributed by atoms with Crippen molar-refractivity contribution in [2.75, 3.05) is 20.3 Å². The van der Waals surface area contributed by atoms with Gasteiger partial charge in [0, 0.05) is 12.1 Å². The molecule has 1 aromatic carbocycles. The zero-order chi connectivity index (χ0) is 16.8. The van der Waals surface area contributed by atoms with E-state index in [1.165, 1.54) is 13.2 Å². The van der Waals surface area contributed by atoms with Crippen LogP contribution in [0, 0.1) is 0 Å². The van der Waals surface area contributed by atoms with Crippen molar-refractivity contribution >= 4 is 23.4 Å². The monoisotopic (exact) mass is 340 g/mol. The lowest BCUT2D eigenvalue weighted by Gasteiger charge is -2.17. The molecule has 2 rings (SSSR count). The Labute approximate surface area is 140 Å². The van der Waals surface area contributed by atoms with Crippen LogP contribution < -0.4 is 20.1 Å². The summed E-state index contributed by atoms with van der Waals surface area (Å²) in [5, 5.41) is 5.83. The summed E-state index contributed by atoms with van der Waals surface area (Å²) in [6.45, 7) is 2.92. The van der Waals surface area contributed by atoms with Crippen LogP contribution in [-0.2, 0) is 4.79 Å². The molecule has 1 atom stereocenters. The summed E-state index contributed by atoms with van der Waals surface area (Å²) in [4.78, 5) is 24.3. The topological polar surface area (TPSA) is 76.7 Å². The lowest BCUT2D eigenvalue weighted by Crippen LogP contribution is -2.45. The maximum Gasteiger partial charge on any atom is 0.252 e. The molecule has 0 aliphatic carbocycles. The van der Waals surface area contributed by atoms with Crippen LogP contribution in [0.4, 0.5) is 0 Å². The number of halogens is 1. The molecule has 0 unspecified atom stereocenters. The molecule has 1 heterocycles. The zero-order valence-corrected chi connectivity index (χ0v) is 14.0. The van der Waals surface area contributed by atoms with Gasteiger partial charge in [0.15, 0.2) is 11.5 Å². The lowest BCUT2D eigenvalue weighted by atomic mass is 10.1. The van der Waals surface area contributed by atoms with Gasteiger partial charge < -0.3 is 20.1 Å². The van der Waals surface area contributed by atoms with E-state index in [2.05, 4.69) is 10.6 Å². The average Bonchev–Trinajstić information content (AvgIpc) is 2.74. The van der Waals surface area contributed by atoms with E-state index in [4.69, 9.17) is 21.1 Å². The molecule has 1 saturated heterocycles. The quantitative estimate of drug-likeness (QED) is 0.861. The zero-order valence-electron chi connectivity index (χ0n) is 13.3. The van der Waals surface area contributed by atoms with E-state index in [0.717, 1.165) is 12.8 Å². The molecular weight excluding hydrogens is 320 g/mol. The van der Waals surface area contributed by atoms with Gasteiger partial charge in [-0.25, -0.2) is 0 Å². The fraction of sp³-hybridized carbons (Fsp3) is 0.500. The predicted octanol–water partition coefficient (Wildman–Crippen LogP) is 2.15. The molecule has 0 aromatic heterocycles. The van der Waals surface area contributed by atoms with E-state index in [1.54, 1.807) is 6.07 Å². The van der Waals surface area contributed by atoms with Crippen LogP contribution in [0.2, 0.25) is 5.02 Å². The minimum atomic E-state index is -0.527. The number of benzene rings is 1. The minimum Gasteiger partial charge on any atom is -0.493 e. The Hall–Kier alpha value is -1.95. The first-order chi connectivity index (χ1) is 11.1. The van der Waals surface area contributed by atoms with Gasteiger partial charge in [0.25, 0.3) is 5.91 Å². The number of methoxy groups -OCH3 is 1. The van der Waals surface area contributed by atoms with Crippen LogP contribution in [0.3, 0.4) is 0 Å². The molecule has 7 heteroatoms. The van der Waals surface area contributed by atoms with Crippen LogP contribution in [0.15, 0.2) is 12.1 Å². The van der Waals surface area contributed by atoms with Gasteiger partial charge in [-0.15, -0.1) is 0 Å². The van der Waals surface area contributed by atoms with Crippen molar-refractivity contribution in [2.45, 2.75) is 32.2 Å². The maximum atomic E-state index is 12.4. The van der Waals surface area contributed by atoms with Gasteiger partial charge in [0.2, 0.25) is 5.91 Å². The molecule has 1 aliphatic heterocycles. The third-order valence-corrected chi connectivity index (χ3v) is 3.90. The van der Waals surface area contributed by atoms with E-state index in [-0.39, 0.29) is 11.8 Å². The number of hydrogen-bond acceptors (Lipinski definition) is 4. The third kappa shape index (κ3) is 4.28. The standard InChI is InChI=1S/C16H21ClN2O4/c1-3-23-14-11(17)8-10(9-13(14)22-2)15(20)19-12-6-4-5-7-18-16(12)21/h8-9,12H,3-7H2,1-2H3,(H,18,21)(H,19,20)/t12-/m1/s1. The number of rotatable bonds is 5. The minimum absolute atomic E-state index is 0.153. The van der Waals surface area contributed by atoms with E-state index >= 15 is 0 Å². The second-order valence-corrected chi connectivity index (χ2v) is 5.64. The van der Waals surface area contributed by atoms with Gasteiger partial charge in [0.1, 0.15) is 6.04 Å². The molecule has 6 nitrogen and oxygen atoms in total. The number of ether oxygens (including phenoxy) is 2. The summed E-state index contributed by atoms with van der Waals surface area (Å²) in [7, 11) is 1.48. The van der Waals surface area contributed by atoms with E-state index in [9.17, 15) is 9.59 Å². The van der Waals surface area contributed by atoms with Crippen molar-refractivity contribution < 1.29 is 19.1 Å². The molecule has 1 aromatic rings. The Morgan fingerprint density at radius 1 is 1.43 bits per heavy atom. The van der Waals surface area contributed by atoms with E-state index < -0.39 is 6.04 Å². The van der Waals surface area contributed by atoms with Gasteiger partial charge in [-0.1, -0.05) is 11.6 Å². The Bertz CT molecular complexity index is 592. The number of carbonyl (C=O) groups is 2. The van der Waals surface area contributed by atoms with Gasteiger partial charge in [-0.2, -0.15) is 0 Å². The molecule has 0 radical (unpaired) electrons. The molecule has 23 heavy (non-hydrogen) atoms. The second kappa shape index (κ2) is 8.06. The van der Waals surface area contributed by atoms with Gasteiger partial charge >= 0.3 is 0 Å². The number of nitrogens with one attached hydrogen (secondary N) is 2. The Morgan fingerprint density at radius 3 is 2.91 bits per heavy atom. The Balaban J connectivity index is 2.18. The molecule has 0 bridgehead atoms. The average molecular weight is 341 g/mol. The first kappa shape index (κ1) is 17.4. The van der Waals surface area contributed by atoms with E-state index in [1.807, 2.05) is 6.92 Å². The third-order valence-electron chi connectivity index (χ3n) is 3.62. The summed E-state index contributed by atoms with van der Waals surface area (Å²) in [5.74, 6) is 0.269. The highest BCUT2D eigenvalue weighted by molar-refractivity contribution is 6.32. The van der Waals surface area contributed by atoms with Crippen molar-refractivity contribution in [3.63, 3.8) is 0 Å². The smallest absolute Gasteiger partial charge is 0.252 e. The van der Waals surface area contributed by atoms with Gasteiger partial charge in [-0.05, 0) is 38.3 Å². The van der Waals surface area contributed by atoms with Crippen LogP contribution in [0.25, 0.3) is 0 Å². The molecule has 0 saturated carbocycles. The summed E-state index contributed by atoms with van der Waals surface area (Å²) in [5.41, 5.74) is 0.326. The SMILES string of the molecule is CCOc1c(Cl)cc(C(=O)N[C@@H]2CCCCNC2=O)cc1OC. The second-order valence-electron chi connectivity index (χ2n) is 5.24. The van der Waals surface area contributed by atoms with Gasteiger partial charge in [-0.3, -0.25) is 9.59 Å². The Kier molecular flexibility index (Phi) is 6.10. The van der Waals surface area contributed by atoms with Crippen molar-refractivity contribution in [3.8, 4) is 11.5 Å². The fourth-order valence-corrected chi connectivity index (χ4v) is 2.72. The number of amides is 2. The highest BCUT2D eigenvalue weighted by atomic mass is 35.5. The van der Waals surface area contributed by atoms with Crippen LogP contribution in [-0.4, -0.2) is 38.1 Å². The molecule has 1 fully saturated rings. The van der Waals surface area contributed by atoms with Crippen LogP contribution in [0.1, 0.15) is 36.5 Å². The molecule has 1 aliphatic rings. The summed E-state index contributed by atoms with van der Waals surface area (Å²) in [6, 6.07) is 2.54. The summed E-state index contributed by atoms with van der Waals surface area (Å²) < 4.78 is 10.7. The lowest BCUT2D eigenvalue weighted by molar-refractivity contribution is -0.122. The maximum absolute atomic E-state index is 12.4. The van der Waals surface area contributed by atoms with Gasteiger partial charge in [0.05, 0.1) is 18.7 Å². The van der Waals surface area contributed by atoms with Crippen LogP contribution >= 0.6 is 11.6 Å². The van der Waals surface area contributed by atoms with Crippen molar-refractivity contribution in [1.82, 2.24) is 10.6 Å². The highest BCUT2D eigenvalue weighted by Crippen LogP contribution is 2.36. The van der Waals surface area contributed by atoms with Crippen LogP contribution in [0.5, 0.6) is 11.5 Å².